The van der Waals surface area contributed by atoms with Crippen molar-refractivity contribution in [3.63, 3.8) is 0 Å². The van der Waals surface area contributed by atoms with Crippen molar-refractivity contribution in [1.29, 1.82) is 0 Å². The molecule has 1 aliphatic heterocycles. The number of nitrogens with two attached hydrogens (primary N) is 1. The number of aromatic nitrogens is 1. The zero-order chi connectivity index (χ0) is 15.1. The molecular weight excluding hydrogens is 295 g/mol. The first-order valence-corrected chi connectivity index (χ1v) is 6.22. The summed E-state index contributed by atoms with van der Waals surface area (Å²) in [6.07, 6.45) is -6.82. The fraction of sp³-hybridized carbons (Fsp3) is 0.500. The van der Waals surface area contributed by atoms with Gasteiger partial charge in [0.25, 0.3) is 0 Å². The normalized spacial score (nSPS) is 26.9. The van der Waals surface area contributed by atoms with Gasteiger partial charge in [0.1, 0.15) is 11.4 Å². The number of halogens is 4. The van der Waals surface area contributed by atoms with E-state index < -0.39 is 24.2 Å². The average molecular weight is 308 g/mol. The summed E-state index contributed by atoms with van der Waals surface area (Å²) in [6.45, 7) is 2.90. The molecule has 0 aliphatic carbocycles. The highest BCUT2D eigenvalue weighted by molar-refractivity contribution is 6.31. The third-order valence-corrected chi connectivity index (χ3v) is 3.35. The van der Waals surface area contributed by atoms with Gasteiger partial charge in [0.2, 0.25) is 0 Å². The number of pyridine rings is 1. The minimum atomic E-state index is -4.48. The van der Waals surface area contributed by atoms with Gasteiger partial charge in [-0.2, -0.15) is 13.2 Å². The van der Waals surface area contributed by atoms with Crippen molar-refractivity contribution in [3.8, 4) is 0 Å². The molecule has 0 radical (unpaired) electrons. The standard InChI is InChI=1S/C12H13ClF3N3O/c1-6-19-11(2,5-8(20-6)12(14,15)16)10-7(13)3-4-9(17)18-10/h3-4,8H,5H2,1-2H3,(H2,17,18)/t8-,11-/m0/s1. The number of alkyl halides is 3. The second-order valence-corrected chi connectivity index (χ2v) is 5.23. The zero-order valence-electron chi connectivity index (χ0n) is 10.8. The van der Waals surface area contributed by atoms with Crippen molar-refractivity contribution in [1.82, 2.24) is 4.98 Å². The van der Waals surface area contributed by atoms with Crippen LogP contribution in [0, 0.1) is 0 Å². The Morgan fingerprint density at radius 2 is 2.10 bits per heavy atom. The molecule has 2 N–H and O–H groups in total. The van der Waals surface area contributed by atoms with Crippen molar-refractivity contribution in [3.05, 3.63) is 22.8 Å². The van der Waals surface area contributed by atoms with E-state index in [1.165, 1.54) is 26.0 Å². The van der Waals surface area contributed by atoms with E-state index in [-0.39, 0.29) is 22.4 Å². The van der Waals surface area contributed by atoms with Crippen LogP contribution in [0.25, 0.3) is 0 Å². The van der Waals surface area contributed by atoms with Gasteiger partial charge >= 0.3 is 6.18 Å². The first-order valence-electron chi connectivity index (χ1n) is 5.84. The maximum Gasteiger partial charge on any atom is 0.425 e. The second-order valence-electron chi connectivity index (χ2n) is 4.82. The number of ether oxygens (including phenoxy) is 1. The van der Waals surface area contributed by atoms with Crippen molar-refractivity contribution in [2.45, 2.75) is 38.1 Å². The van der Waals surface area contributed by atoms with Gasteiger partial charge in [-0.15, -0.1) is 0 Å². The lowest BCUT2D eigenvalue weighted by Crippen LogP contribution is -2.43. The first kappa shape index (κ1) is 14.9. The highest BCUT2D eigenvalue weighted by atomic mass is 35.5. The SMILES string of the molecule is CC1=N[C@](C)(c2nc(N)ccc2Cl)C[C@@H](C(F)(F)F)O1. The summed E-state index contributed by atoms with van der Waals surface area (Å²) in [6, 6.07) is 2.97. The van der Waals surface area contributed by atoms with Crippen LogP contribution in [0.1, 0.15) is 26.0 Å². The summed E-state index contributed by atoms with van der Waals surface area (Å²) in [5, 5.41) is 0.223. The van der Waals surface area contributed by atoms with Gasteiger partial charge in [-0.05, 0) is 19.1 Å². The van der Waals surface area contributed by atoms with Gasteiger partial charge in [0, 0.05) is 13.3 Å². The minimum absolute atomic E-state index is 0.0543. The number of hydrogen-bond donors (Lipinski definition) is 1. The maximum absolute atomic E-state index is 12.9. The number of rotatable bonds is 1. The Hall–Kier alpha value is -1.50. The lowest BCUT2D eigenvalue weighted by Gasteiger charge is -2.35. The monoisotopic (exact) mass is 307 g/mol. The Labute approximate surface area is 118 Å². The Balaban J connectivity index is 2.48. The van der Waals surface area contributed by atoms with Crippen LogP contribution >= 0.6 is 11.6 Å². The van der Waals surface area contributed by atoms with Crippen LogP contribution in [0.3, 0.4) is 0 Å². The molecule has 0 aromatic carbocycles. The predicted molar refractivity (Wildman–Crippen MR) is 69.7 cm³/mol. The van der Waals surface area contributed by atoms with Gasteiger partial charge in [-0.3, -0.25) is 0 Å². The Morgan fingerprint density at radius 3 is 2.70 bits per heavy atom. The van der Waals surface area contributed by atoms with Gasteiger partial charge in [0.05, 0.1) is 10.7 Å². The highest BCUT2D eigenvalue weighted by Crippen LogP contribution is 2.41. The van der Waals surface area contributed by atoms with E-state index in [0.29, 0.717) is 0 Å². The number of anilines is 1. The lowest BCUT2D eigenvalue weighted by molar-refractivity contribution is -0.208. The summed E-state index contributed by atoms with van der Waals surface area (Å²) in [5.74, 6) is 0.120. The molecule has 2 rings (SSSR count). The van der Waals surface area contributed by atoms with Gasteiger partial charge in [0.15, 0.2) is 12.0 Å². The molecule has 1 aromatic heterocycles. The molecule has 0 spiro atoms. The molecule has 0 fully saturated rings. The van der Waals surface area contributed by atoms with Crippen LogP contribution in [0.5, 0.6) is 0 Å². The summed E-state index contributed by atoms with van der Waals surface area (Å²) in [4.78, 5) is 8.18. The first-order chi connectivity index (χ1) is 9.12. The van der Waals surface area contributed by atoms with Crippen molar-refractivity contribution in [2.75, 3.05) is 5.73 Å². The van der Waals surface area contributed by atoms with Crippen LogP contribution in [0.2, 0.25) is 5.02 Å². The van der Waals surface area contributed by atoms with Gasteiger partial charge < -0.3 is 10.5 Å². The molecule has 0 bridgehead atoms. The van der Waals surface area contributed by atoms with Crippen molar-refractivity contribution < 1.29 is 17.9 Å². The molecule has 0 unspecified atom stereocenters. The van der Waals surface area contributed by atoms with Crippen molar-refractivity contribution >= 4 is 23.3 Å². The van der Waals surface area contributed by atoms with E-state index in [4.69, 9.17) is 22.1 Å². The van der Waals surface area contributed by atoms with E-state index >= 15 is 0 Å². The van der Waals surface area contributed by atoms with Crippen LogP contribution < -0.4 is 5.73 Å². The Morgan fingerprint density at radius 1 is 1.45 bits per heavy atom. The number of hydrogen-bond acceptors (Lipinski definition) is 4. The summed E-state index contributed by atoms with van der Waals surface area (Å²) in [5.41, 5.74) is 4.57. The van der Waals surface area contributed by atoms with E-state index in [0.717, 1.165) is 0 Å². The average Bonchev–Trinajstić information content (AvgIpc) is 2.30. The molecule has 1 aliphatic rings. The molecule has 110 valence electrons. The Kier molecular flexibility index (Phi) is 3.58. The molecule has 8 heteroatoms. The second kappa shape index (κ2) is 4.80. The summed E-state index contributed by atoms with van der Waals surface area (Å²) in [7, 11) is 0. The molecule has 20 heavy (non-hydrogen) atoms. The quantitative estimate of drug-likeness (QED) is 0.866. The third kappa shape index (κ3) is 2.82. The summed E-state index contributed by atoms with van der Waals surface area (Å²) < 4.78 is 43.4. The predicted octanol–water partition coefficient (Wildman–Crippen LogP) is 3.30. The van der Waals surface area contributed by atoms with Gasteiger partial charge in [-0.1, -0.05) is 11.6 Å². The highest BCUT2D eigenvalue weighted by Gasteiger charge is 2.50. The Bertz CT molecular complexity index is 561. The third-order valence-electron chi connectivity index (χ3n) is 3.04. The van der Waals surface area contributed by atoms with E-state index in [1.54, 1.807) is 0 Å². The molecular formula is C12H13ClF3N3O. The van der Waals surface area contributed by atoms with Crippen LogP contribution in [-0.2, 0) is 10.3 Å². The summed E-state index contributed by atoms with van der Waals surface area (Å²) >= 11 is 6.02. The van der Waals surface area contributed by atoms with E-state index in [2.05, 4.69) is 9.98 Å². The maximum atomic E-state index is 12.9. The molecule has 4 nitrogen and oxygen atoms in total. The minimum Gasteiger partial charge on any atom is -0.468 e. The molecule has 2 heterocycles. The molecule has 0 saturated carbocycles. The number of nitrogens with zero attached hydrogens (tertiary/aromatic N) is 2. The topological polar surface area (TPSA) is 60.5 Å². The fourth-order valence-corrected chi connectivity index (χ4v) is 2.50. The smallest absolute Gasteiger partial charge is 0.425 e. The number of aliphatic imine (C=N–C) groups is 1. The van der Waals surface area contributed by atoms with Crippen molar-refractivity contribution in [2.24, 2.45) is 4.99 Å². The van der Waals surface area contributed by atoms with Crippen LogP contribution in [-0.4, -0.2) is 23.2 Å². The molecule has 0 amide bonds. The number of nitrogen functional groups attached to an aromatic ring is 1. The largest absolute Gasteiger partial charge is 0.468 e. The fourth-order valence-electron chi connectivity index (χ4n) is 2.20. The van der Waals surface area contributed by atoms with E-state index in [1.807, 2.05) is 0 Å². The molecule has 2 atom stereocenters. The molecule has 0 saturated heterocycles. The van der Waals surface area contributed by atoms with Crippen LogP contribution in [0.4, 0.5) is 19.0 Å². The van der Waals surface area contributed by atoms with Crippen LogP contribution in [0.15, 0.2) is 17.1 Å². The zero-order valence-corrected chi connectivity index (χ0v) is 11.6. The van der Waals surface area contributed by atoms with E-state index in [9.17, 15) is 13.2 Å². The lowest BCUT2D eigenvalue weighted by atomic mass is 9.89. The van der Waals surface area contributed by atoms with Gasteiger partial charge in [-0.25, -0.2) is 9.98 Å². The molecule has 1 aromatic rings.